The van der Waals surface area contributed by atoms with Gasteiger partial charge >= 0.3 is 0 Å². The maximum absolute atomic E-state index is 12.0. The van der Waals surface area contributed by atoms with Crippen LogP contribution < -0.4 is 10.6 Å². The van der Waals surface area contributed by atoms with Crippen LogP contribution in [0.2, 0.25) is 0 Å². The van der Waals surface area contributed by atoms with E-state index in [1.807, 2.05) is 6.07 Å². The zero-order chi connectivity index (χ0) is 15.7. The second-order valence-electron chi connectivity index (χ2n) is 5.95. The molecule has 1 aromatic rings. The summed E-state index contributed by atoms with van der Waals surface area (Å²) in [4.78, 5) is 18.3. The van der Waals surface area contributed by atoms with Crippen LogP contribution >= 0.6 is 0 Å². The predicted molar refractivity (Wildman–Crippen MR) is 87.7 cm³/mol. The molecular weight excluding hydrogens is 264 g/mol. The van der Waals surface area contributed by atoms with Gasteiger partial charge in [0, 0.05) is 25.0 Å². The Morgan fingerprint density at radius 1 is 1.33 bits per heavy atom. The highest BCUT2D eigenvalue weighted by molar-refractivity contribution is 5.93. The summed E-state index contributed by atoms with van der Waals surface area (Å²) in [6.45, 7) is 6.90. The molecule has 0 radical (unpaired) electrons. The van der Waals surface area contributed by atoms with Gasteiger partial charge in [-0.05, 0) is 51.5 Å². The molecule has 0 saturated carbocycles. The minimum Gasteiger partial charge on any atom is -0.385 e. The van der Waals surface area contributed by atoms with Crippen molar-refractivity contribution in [1.82, 2.24) is 15.2 Å². The van der Waals surface area contributed by atoms with E-state index in [-0.39, 0.29) is 5.91 Å². The van der Waals surface area contributed by atoms with E-state index >= 15 is 0 Å². The van der Waals surface area contributed by atoms with Gasteiger partial charge in [-0.15, -0.1) is 0 Å². The molecule has 1 amide bonds. The molecular formula is C16H28N4O. The molecule has 0 aliphatic carbocycles. The van der Waals surface area contributed by atoms with Crippen LogP contribution in [0.3, 0.4) is 0 Å². The number of carbonyl (C=O) groups is 1. The number of pyridine rings is 1. The van der Waals surface area contributed by atoms with Crippen molar-refractivity contribution in [2.75, 3.05) is 39.0 Å². The molecule has 0 aliphatic rings. The topological polar surface area (TPSA) is 57.3 Å². The maximum Gasteiger partial charge on any atom is 0.269 e. The minimum atomic E-state index is -0.104. The molecule has 21 heavy (non-hydrogen) atoms. The Balaban J connectivity index is 2.42. The summed E-state index contributed by atoms with van der Waals surface area (Å²) in [7, 11) is 4.12. The summed E-state index contributed by atoms with van der Waals surface area (Å²) < 4.78 is 0. The van der Waals surface area contributed by atoms with Crippen LogP contribution in [-0.4, -0.2) is 49.5 Å². The monoisotopic (exact) mass is 292 g/mol. The minimum absolute atomic E-state index is 0.104. The SMILES string of the molecule is CC(C)CCNC(=O)c1cc(NCCCN(C)C)ccn1. The number of aromatic nitrogens is 1. The number of amides is 1. The van der Waals surface area contributed by atoms with Crippen molar-refractivity contribution >= 4 is 11.6 Å². The highest BCUT2D eigenvalue weighted by atomic mass is 16.1. The molecule has 0 aromatic carbocycles. The molecule has 0 unspecified atom stereocenters. The Morgan fingerprint density at radius 3 is 2.76 bits per heavy atom. The van der Waals surface area contributed by atoms with Crippen molar-refractivity contribution in [2.45, 2.75) is 26.7 Å². The van der Waals surface area contributed by atoms with Crippen molar-refractivity contribution in [3.63, 3.8) is 0 Å². The number of carbonyl (C=O) groups excluding carboxylic acids is 1. The van der Waals surface area contributed by atoms with E-state index < -0.39 is 0 Å². The number of nitrogens with one attached hydrogen (secondary N) is 2. The standard InChI is InChI=1S/C16H28N4O/c1-13(2)6-9-19-16(21)15-12-14(7-10-18-15)17-8-5-11-20(3)4/h7,10,12-13H,5-6,8-9,11H2,1-4H3,(H,17,18)(H,19,21). The highest BCUT2D eigenvalue weighted by Crippen LogP contribution is 2.08. The fraction of sp³-hybridized carbons (Fsp3) is 0.625. The number of hydrogen-bond acceptors (Lipinski definition) is 4. The molecule has 0 spiro atoms. The fourth-order valence-electron chi connectivity index (χ4n) is 1.86. The van der Waals surface area contributed by atoms with Gasteiger partial charge in [-0.3, -0.25) is 9.78 Å². The maximum atomic E-state index is 12.0. The average Bonchev–Trinajstić information content (AvgIpc) is 2.43. The summed E-state index contributed by atoms with van der Waals surface area (Å²) in [6, 6.07) is 3.70. The third-order valence-electron chi connectivity index (χ3n) is 3.11. The van der Waals surface area contributed by atoms with Crippen molar-refractivity contribution in [1.29, 1.82) is 0 Å². The molecule has 1 rings (SSSR count). The van der Waals surface area contributed by atoms with Crippen LogP contribution in [-0.2, 0) is 0 Å². The first-order valence-corrected chi connectivity index (χ1v) is 7.62. The zero-order valence-corrected chi connectivity index (χ0v) is 13.6. The lowest BCUT2D eigenvalue weighted by Crippen LogP contribution is -2.26. The Hall–Kier alpha value is -1.62. The van der Waals surface area contributed by atoms with Crippen LogP contribution in [0.5, 0.6) is 0 Å². The van der Waals surface area contributed by atoms with E-state index in [1.165, 1.54) is 0 Å². The lowest BCUT2D eigenvalue weighted by Gasteiger charge is -2.11. The van der Waals surface area contributed by atoms with Gasteiger partial charge in [0.15, 0.2) is 0 Å². The summed E-state index contributed by atoms with van der Waals surface area (Å²) in [5.74, 6) is 0.482. The Morgan fingerprint density at radius 2 is 2.10 bits per heavy atom. The Kier molecular flexibility index (Phi) is 7.75. The van der Waals surface area contributed by atoms with Crippen molar-refractivity contribution in [2.24, 2.45) is 5.92 Å². The number of anilines is 1. The van der Waals surface area contributed by atoms with E-state index in [9.17, 15) is 4.79 Å². The number of nitrogens with zero attached hydrogens (tertiary/aromatic N) is 2. The van der Waals surface area contributed by atoms with Gasteiger partial charge in [-0.2, -0.15) is 0 Å². The third-order valence-corrected chi connectivity index (χ3v) is 3.11. The van der Waals surface area contributed by atoms with Crippen molar-refractivity contribution < 1.29 is 4.79 Å². The molecule has 1 heterocycles. The molecule has 1 aromatic heterocycles. The summed E-state index contributed by atoms with van der Waals surface area (Å²) in [5.41, 5.74) is 1.41. The van der Waals surface area contributed by atoms with Crippen LogP contribution in [0.4, 0.5) is 5.69 Å². The molecule has 118 valence electrons. The molecule has 0 fully saturated rings. The van der Waals surface area contributed by atoms with Crippen LogP contribution in [0.15, 0.2) is 18.3 Å². The molecule has 0 aliphatic heterocycles. The quantitative estimate of drug-likeness (QED) is 0.685. The first-order valence-electron chi connectivity index (χ1n) is 7.62. The fourth-order valence-corrected chi connectivity index (χ4v) is 1.86. The van der Waals surface area contributed by atoms with Crippen LogP contribution in [0, 0.1) is 5.92 Å². The van der Waals surface area contributed by atoms with Gasteiger partial charge in [0.25, 0.3) is 5.91 Å². The predicted octanol–water partition coefficient (Wildman–Crippen LogP) is 2.22. The van der Waals surface area contributed by atoms with Gasteiger partial charge in [0.2, 0.25) is 0 Å². The van der Waals surface area contributed by atoms with Gasteiger partial charge in [0.1, 0.15) is 5.69 Å². The number of hydrogen-bond donors (Lipinski definition) is 2. The normalized spacial score (nSPS) is 11.0. The molecule has 5 nitrogen and oxygen atoms in total. The average molecular weight is 292 g/mol. The van der Waals surface area contributed by atoms with Gasteiger partial charge < -0.3 is 15.5 Å². The summed E-state index contributed by atoms with van der Waals surface area (Å²) >= 11 is 0. The molecule has 0 atom stereocenters. The highest BCUT2D eigenvalue weighted by Gasteiger charge is 2.07. The molecule has 0 bridgehead atoms. The summed E-state index contributed by atoms with van der Waals surface area (Å²) in [6.07, 6.45) is 3.71. The van der Waals surface area contributed by atoms with Crippen LogP contribution in [0.1, 0.15) is 37.2 Å². The van der Waals surface area contributed by atoms with E-state index in [0.29, 0.717) is 18.2 Å². The third kappa shape index (κ3) is 7.66. The Labute approximate surface area is 128 Å². The van der Waals surface area contributed by atoms with E-state index in [2.05, 4.69) is 48.5 Å². The first-order chi connectivity index (χ1) is 9.99. The second kappa shape index (κ2) is 9.34. The smallest absolute Gasteiger partial charge is 0.269 e. The molecule has 5 heteroatoms. The van der Waals surface area contributed by atoms with Crippen LogP contribution in [0.25, 0.3) is 0 Å². The van der Waals surface area contributed by atoms with Crippen molar-refractivity contribution in [3.05, 3.63) is 24.0 Å². The lowest BCUT2D eigenvalue weighted by atomic mass is 10.1. The van der Waals surface area contributed by atoms with E-state index in [1.54, 1.807) is 12.3 Å². The number of rotatable bonds is 9. The van der Waals surface area contributed by atoms with E-state index in [0.717, 1.165) is 31.6 Å². The zero-order valence-electron chi connectivity index (χ0n) is 13.6. The largest absolute Gasteiger partial charge is 0.385 e. The van der Waals surface area contributed by atoms with Gasteiger partial charge in [-0.25, -0.2) is 0 Å². The lowest BCUT2D eigenvalue weighted by molar-refractivity contribution is 0.0947. The molecule has 0 saturated heterocycles. The summed E-state index contributed by atoms with van der Waals surface area (Å²) in [5, 5.41) is 6.23. The van der Waals surface area contributed by atoms with Crippen molar-refractivity contribution in [3.8, 4) is 0 Å². The molecule has 2 N–H and O–H groups in total. The Bertz CT molecular complexity index is 432. The first kappa shape index (κ1) is 17.4. The van der Waals surface area contributed by atoms with E-state index in [4.69, 9.17) is 0 Å². The van der Waals surface area contributed by atoms with Gasteiger partial charge in [0.05, 0.1) is 0 Å². The second-order valence-corrected chi connectivity index (χ2v) is 5.95. The van der Waals surface area contributed by atoms with Gasteiger partial charge in [-0.1, -0.05) is 13.8 Å².